The van der Waals surface area contributed by atoms with Crippen molar-refractivity contribution in [1.29, 1.82) is 0 Å². The molecule has 2 atom stereocenters. The zero-order valence-corrected chi connectivity index (χ0v) is 11.8. The molecule has 1 saturated heterocycles. The molecule has 18 heavy (non-hydrogen) atoms. The number of hydrogen-bond acceptors (Lipinski definition) is 2. The van der Waals surface area contributed by atoms with Gasteiger partial charge >= 0.3 is 5.97 Å². The van der Waals surface area contributed by atoms with Crippen LogP contribution in [0.2, 0.25) is 0 Å². The molecule has 1 saturated carbocycles. The molecule has 2 unspecified atom stereocenters. The molecule has 0 aromatic rings. The Morgan fingerprint density at radius 1 is 1.28 bits per heavy atom. The predicted octanol–water partition coefficient (Wildman–Crippen LogP) is 3.00. The second-order valence-electron chi connectivity index (χ2n) is 6.73. The van der Waals surface area contributed by atoms with E-state index in [1.165, 1.54) is 32.1 Å². The maximum Gasteiger partial charge on any atom is 0.303 e. The Hall–Kier alpha value is -0.570. The van der Waals surface area contributed by atoms with Crippen molar-refractivity contribution in [3.8, 4) is 0 Å². The van der Waals surface area contributed by atoms with Gasteiger partial charge in [-0.05, 0) is 37.0 Å². The molecule has 1 aliphatic heterocycles. The molecule has 0 spiro atoms. The van der Waals surface area contributed by atoms with Crippen LogP contribution in [0.5, 0.6) is 0 Å². The van der Waals surface area contributed by atoms with Crippen LogP contribution in [0.25, 0.3) is 0 Å². The Bertz CT molecular complexity index is 284. The molecule has 2 rings (SSSR count). The second kappa shape index (κ2) is 6.05. The first-order valence-electron chi connectivity index (χ1n) is 7.50. The van der Waals surface area contributed by atoms with Crippen LogP contribution in [0, 0.1) is 17.8 Å². The Morgan fingerprint density at radius 2 is 2.00 bits per heavy atom. The highest BCUT2D eigenvalue weighted by Gasteiger charge is 2.35. The average molecular weight is 253 g/mol. The summed E-state index contributed by atoms with van der Waals surface area (Å²) in [6.07, 6.45) is 7.16. The molecule has 1 aliphatic carbocycles. The highest BCUT2D eigenvalue weighted by atomic mass is 16.4. The van der Waals surface area contributed by atoms with Gasteiger partial charge in [-0.1, -0.05) is 26.7 Å². The number of carbonyl (C=O) groups is 1. The van der Waals surface area contributed by atoms with Gasteiger partial charge in [-0.25, -0.2) is 0 Å². The largest absolute Gasteiger partial charge is 0.481 e. The number of likely N-dealkylation sites (tertiary alicyclic amines) is 1. The van der Waals surface area contributed by atoms with Crippen LogP contribution >= 0.6 is 0 Å². The van der Waals surface area contributed by atoms with Gasteiger partial charge in [0.1, 0.15) is 0 Å². The predicted molar refractivity (Wildman–Crippen MR) is 72.5 cm³/mol. The summed E-state index contributed by atoms with van der Waals surface area (Å²) in [6.45, 7) is 6.67. The van der Waals surface area contributed by atoms with Crippen LogP contribution < -0.4 is 0 Å². The summed E-state index contributed by atoms with van der Waals surface area (Å²) in [5, 5.41) is 8.77. The molecule has 2 aliphatic rings. The number of carboxylic acid groups (broad SMARTS) is 1. The van der Waals surface area contributed by atoms with Crippen molar-refractivity contribution in [1.82, 2.24) is 4.90 Å². The van der Waals surface area contributed by atoms with Gasteiger partial charge < -0.3 is 5.11 Å². The SMILES string of the molecule is CC(C)CC1CCCC(N2CC(CC(=O)O)C2)C1. The van der Waals surface area contributed by atoms with E-state index in [4.69, 9.17) is 5.11 Å². The summed E-state index contributed by atoms with van der Waals surface area (Å²) in [6, 6.07) is 0.743. The van der Waals surface area contributed by atoms with Gasteiger partial charge in [0.2, 0.25) is 0 Å². The third kappa shape index (κ3) is 3.71. The number of rotatable bonds is 5. The molecule has 0 amide bonds. The molecular formula is C15H27NO2. The molecule has 2 fully saturated rings. The van der Waals surface area contributed by atoms with Gasteiger partial charge in [0.15, 0.2) is 0 Å². The molecule has 0 radical (unpaired) electrons. The maximum atomic E-state index is 10.6. The first kappa shape index (κ1) is 13.9. The highest BCUT2D eigenvalue weighted by Crippen LogP contribution is 2.35. The zero-order chi connectivity index (χ0) is 13.1. The summed E-state index contributed by atoms with van der Waals surface area (Å²) in [5.41, 5.74) is 0. The lowest BCUT2D eigenvalue weighted by Crippen LogP contribution is -2.53. The summed E-state index contributed by atoms with van der Waals surface area (Å²) in [5.74, 6) is 1.49. The molecular weight excluding hydrogens is 226 g/mol. The number of carboxylic acids is 1. The average Bonchev–Trinajstić information content (AvgIpc) is 2.22. The Morgan fingerprint density at radius 3 is 2.61 bits per heavy atom. The molecule has 0 aromatic carbocycles. The minimum Gasteiger partial charge on any atom is -0.481 e. The standard InChI is InChI=1S/C15H27NO2/c1-11(2)6-12-4-3-5-14(7-12)16-9-13(10-16)8-15(17)18/h11-14H,3-10H2,1-2H3,(H,17,18). The summed E-state index contributed by atoms with van der Waals surface area (Å²) in [7, 11) is 0. The first-order valence-corrected chi connectivity index (χ1v) is 7.50. The van der Waals surface area contributed by atoms with Crippen molar-refractivity contribution >= 4 is 5.97 Å². The minimum atomic E-state index is -0.638. The van der Waals surface area contributed by atoms with E-state index in [1.807, 2.05) is 0 Å². The molecule has 0 aromatic heterocycles. The van der Waals surface area contributed by atoms with Crippen LogP contribution in [0.15, 0.2) is 0 Å². The van der Waals surface area contributed by atoms with Gasteiger partial charge in [0.05, 0.1) is 6.42 Å². The normalized spacial score (nSPS) is 30.4. The van der Waals surface area contributed by atoms with Crippen LogP contribution in [-0.2, 0) is 4.79 Å². The van der Waals surface area contributed by atoms with E-state index >= 15 is 0 Å². The Balaban J connectivity index is 1.72. The summed E-state index contributed by atoms with van der Waals surface area (Å²) >= 11 is 0. The zero-order valence-electron chi connectivity index (χ0n) is 11.8. The van der Waals surface area contributed by atoms with Crippen molar-refractivity contribution in [2.45, 2.75) is 58.4 Å². The lowest BCUT2D eigenvalue weighted by molar-refractivity contribution is -0.140. The lowest BCUT2D eigenvalue weighted by Gasteiger charge is -2.47. The number of nitrogens with zero attached hydrogens (tertiary/aromatic N) is 1. The summed E-state index contributed by atoms with van der Waals surface area (Å²) in [4.78, 5) is 13.2. The van der Waals surface area contributed by atoms with Gasteiger partial charge in [-0.3, -0.25) is 9.69 Å². The fraction of sp³-hybridized carbons (Fsp3) is 0.933. The van der Waals surface area contributed by atoms with Gasteiger partial charge in [0.25, 0.3) is 0 Å². The van der Waals surface area contributed by atoms with Crippen LogP contribution in [0.4, 0.5) is 0 Å². The number of aliphatic carboxylic acids is 1. The van der Waals surface area contributed by atoms with E-state index in [0.717, 1.165) is 31.0 Å². The van der Waals surface area contributed by atoms with Crippen LogP contribution in [0.1, 0.15) is 52.4 Å². The Kier molecular flexibility index (Phi) is 4.66. The van der Waals surface area contributed by atoms with Gasteiger partial charge in [-0.2, -0.15) is 0 Å². The molecule has 104 valence electrons. The van der Waals surface area contributed by atoms with E-state index in [9.17, 15) is 4.79 Å². The maximum absolute atomic E-state index is 10.6. The minimum absolute atomic E-state index is 0.360. The van der Waals surface area contributed by atoms with Crippen molar-refractivity contribution in [2.75, 3.05) is 13.1 Å². The monoisotopic (exact) mass is 253 g/mol. The molecule has 3 nitrogen and oxygen atoms in total. The van der Waals surface area contributed by atoms with E-state index in [2.05, 4.69) is 18.7 Å². The fourth-order valence-electron chi connectivity index (χ4n) is 3.76. The van der Waals surface area contributed by atoms with Crippen molar-refractivity contribution in [3.63, 3.8) is 0 Å². The number of hydrogen-bond donors (Lipinski definition) is 1. The third-order valence-electron chi connectivity index (χ3n) is 4.52. The third-order valence-corrected chi connectivity index (χ3v) is 4.52. The first-order chi connectivity index (χ1) is 8.54. The molecule has 1 N–H and O–H groups in total. The van der Waals surface area contributed by atoms with E-state index in [-0.39, 0.29) is 0 Å². The van der Waals surface area contributed by atoms with E-state index < -0.39 is 5.97 Å². The molecule has 0 bridgehead atoms. The van der Waals surface area contributed by atoms with E-state index in [1.54, 1.807) is 0 Å². The topological polar surface area (TPSA) is 40.5 Å². The van der Waals surface area contributed by atoms with Crippen molar-refractivity contribution in [3.05, 3.63) is 0 Å². The van der Waals surface area contributed by atoms with Crippen LogP contribution in [-0.4, -0.2) is 35.1 Å². The molecule has 1 heterocycles. The highest BCUT2D eigenvalue weighted by molar-refractivity contribution is 5.67. The van der Waals surface area contributed by atoms with Crippen molar-refractivity contribution < 1.29 is 9.90 Å². The summed E-state index contributed by atoms with van der Waals surface area (Å²) < 4.78 is 0. The second-order valence-corrected chi connectivity index (χ2v) is 6.73. The Labute approximate surface area is 111 Å². The van der Waals surface area contributed by atoms with Crippen LogP contribution in [0.3, 0.4) is 0 Å². The quantitative estimate of drug-likeness (QED) is 0.819. The fourth-order valence-corrected chi connectivity index (χ4v) is 3.76. The lowest BCUT2D eigenvalue weighted by atomic mass is 9.79. The van der Waals surface area contributed by atoms with Gasteiger partial charge in [0, 0.05) is 19.1 Å². The van der Waals surface area contributed by atoms with E-state index in [0.29, 0.717) is 12.3 Å². The molecule has 3 heteroatoms. The van der Waals surface area contributed by atoms with Gasteiger partial charge in [-0.15, -0.1) is 0 Å². The van der Waals surface area contributed by atoms with Crippen molar-refractivity contribution in [2.24, 2.45) is 17.8 Å². The smallest absolute Gasteiger partial charge is 0.303 e.